The van der Waals surface area contributed by atoms with Gasteiger partial charge in [0.25, 0.3) is 0 Å². The van der Waals surface area contributed by atoms with Crippen molar-refractivity contribution in [2.75, 3.05) is 32.8 Å². The number of hydrogen-bond donors (Lipinski definition) is 0. The van der Waals surface area contributed by atoms with Crippen molar-refractivity contribution in [3.8, 4) is 0 Å². The molecule has 0 saturated carbocycles. The van der Waals surface area contributed by atoms with Crippen molar-refractivity contribution < 1.29 is 8.85 Å². The lowest BCUT2D eigenvalue weighted by Crippen LogP contribution is -2.54. The predicted octanol–water partition coefficient (Wildman–Crippen LogP) is 3.78. The first-order chi connectivity index (χ1) is 11.2. The summed E-state index contributed by atoms with van der Waals surface area (Å²) in [6.45, 7) is 17.1. The van der Waals surface area contributed by atoms with Gasteiger partial charge < -0.3 is 13.8 Å². The van der Waals surface area contributed by atoms with Crippen LogP contribution in [0.2, 0.25) is 6.04 Å². The highest BCUT2D eigenvalue weighted by Gasteiger charge is 2.39. The molecule has 1 aromatic carbocycles. The highest BCUT2D eigenvalue weighted by molar-refractivity contribution is 6.81. The van der Waals surface area contributed by atoms with Crippen LogP contribution in [0.4, 0.5) is 0 Å². The molecule has 0 radical (unpaired) electrons. The van der Waals surface area contributed by atoms with E-state index in [0.29, 0.717) is 13.2 Å². The van der Waals surface area contributed by atoms with Crippen molar-refractivity contribution >= 4 is 19.8 Å². The van der Waals surface area contributed by atoms with E-state index in [0.717, 1.165) is 37.7 Å². The molecule has 4 heteroatoms. The molecule has 0 aliphatic carbocycles. The van der Waals surface area contributed by atoms with Gasteiger partial charge in [0, 0.05) is 13.2 Å². The maximum absolute atomic E-state index is 6.25. The van der Waals surface area contributed by atoms with E-state index in [2.05, 4.69) is 63.4 Å². The number of benzene rings is 1. The molecule has 0 saturated heterocycles. The van der Waals surface area contributed by atoms with E-state index in [1.165, 1.54) is 5.19 Å². The monoisotopic (exact) mass is 335 g/mol. The highest BCUT2D eigenvalue weighted by Crippen LogP contribution is 2.18. The zero-order valence-electron chi connectivity index (χ0n) is 15.3. The zero-order valence-corrected chi connectivity index (χ0v) is 16.3. The minimum atomic E-state index is -2.36. The van der Waals surface area contributed by atoms with Gasteiger partial charge in [0.05, 0.1) is 0 Å². The van der Waals surface area contributed by atoms with E-state index in [9.17, 15) is 0 Å². The fraction of sp³-hybridized carbons (Fsp3) is 0.579. The minimum absolute atomic E-state index is 0.695. The van der Waals surface area contributed by atoms with Crippen molar-refractivity contribution in [3.63, 3.8) is 0 Å². The van der Waals surface area contributed by atoms with Crippen LogP contribution in [0.3, 0.4) is 0 Å². The first kappa shape index (κ1) is 20.1. The molecule has 0 aromatic heterocycles. The van der Waals surface area contributed by atoms with Crippen LogP contribution in [0.25, 0.3) is 6.08 Å². The van der Waals surface area contributed by atoms with Crippen LogP contribution in [-0.4, -0.2) is 46.3 Å². The maximum atomic E-state index is 6.25. The smallest absolute Gasteiger partial charge is 0.372 e. The van der Waals surface area contributed by atoms with E-state index in [1.807, 2.05) is 6.08 Å². The molecule has 1 aromatic rings. The number of nitrogens with zero attached hydrogens (tertiary/aromatic N) is 1. The second-order valence-corrected chi connectivity index (χ2v) is 8.74. The first-order valence-electron chi connectivity index (χ1n) is 8.88. The summed E-state index contributed by atoms with van der Waals surface area (Å²) in [6.07, 6.45) is 2.98. The third-order valence-electron chi connectivity index (χ3n) is 4.22. The van der Waals surface area contributed by atoms with Gasteiger partial charge in [0.15, 0.2) is 0 Å². The van der Waals surface area contributed by atoms with Gasteiger partial charge in [-0.15, -0.1) is 0 Å². The second kappa shape index (κ2) is 10.8. The van der Waals surface area contributed by atoms with Crippen LogP contribution in [-0.2, 0) is 8.85 Å². The Morgan fingerprint density at radius 1 is 1.00 bits per heavy atom. The number of rotatable bonds is 12. The van der Waals surface area contributed by atoms with Crippen LogP contribution < -0.4 is 5.19 Å². The quantitative estimate of drug-likeness (QED) is 0.543. The molecule has 0 aliphatic rings. The van der Waals surface area contributed by atoms with Gasteiger partial charge in [-0.3, -0.25) is 0 Å². The summed E-state index contributed by atoms with van der Waals surface area (Å²) in [4.78, 5) is 2.46. The van der Waals surface area contributed by atoms with E-state index >= 15 is 0 Å². The third kappa shape index (κ3) is 5.88. The summed E-state index contributed by atoms with van der Waals surface area (Å²) < 4.78 is 12.5. The molecule has 130 valence electrons. The van der Waals surface area contributed by atoms with E-state index in [1.54, 1.807) is 0 Å². The summed E-state index contributed by atoms with van der Waals surface area (Å²) in [5.41, 5.74) is 1.13. The molecule has 3 nitrogen and oxygen atoms in total. The summed E-state index contributed by atoms with van der Waals surface area (Å²) in [6, 6.07) is 9.52. The minimum Gasteiger partial charge on any atom is -0.391 e. The molecular weight excluding hydrogens is 302 g/mol. The van der Waals surface area contributed by atoms with Crippen molar-refractivity contribution in [1.82, 2.24) is 4.90 Å². The molecule has 0 amide bonds. The van der Waals surface area contributed by atoms with Gasteiger partial charge in [-0.25, -0.2) is 0 Å². The van der Waals surface area contributed by atoms with E-state index in [4.69, 9.17) is 8.85 Å². The topological polar surface area (TPSA) is 21.7 Å². The van der Waals surface area contributed by atoms with Gasteiger partial charge in [0.1, 0.15) is 0 Å². The van der Waals surface area contributed by atoms with Crippen LogP contribution in [0.5, 0.6) is 0 Å². The SMILES string of the molecule is C=Cc1ccc([Si](CCCN(CC)CC)(OCC)OCC)cc1. The van der Waals surface area contributed by atoms with Gasteiger partial charge >= 0.3 is 8.56 Å². The largest absolute Gasteiger partial charge is 0.391 e. The molecule has 0 bridgehead atoms. The Morgan fingerprint density at radius 2 is 1.57 bits per heavy atom. The van der Waals surface area contributed by atoms with Crippen LogP contribution in [0, 0.1) is 0 Å². The van der Waals surface area contributed by atoms with E-state index in [-0.39, 0.29) is 0 Å². The normalized spacial score (nSPS) is 11.9. The van der Waals surface area contributed by atoms with Crippen molar-refractivity contribution in [1.29, 1.82) is 0 Å². The molecule has 0 aliphatic heterocycles. The average Bonchev–Trinajstić information content (AvgIpc) is 2.59. The summed E-state index contributed by atoms with van der Waals surface area (Å²) in [5.74, 6) is 0. The zero-order chi connectivity index (χ0) is 17.1. The van der Waals surface area contributed by atoms with Crippen LogP contribution in [0.1, 0.15) is 39.7 Å². The van der Waals surface area contributed by atoms with Gasteiger partial charge in [-0.2, -0.15) is 0 Å². The molecule has 0 N–H and O–H groups in total. The second-order valence-electron chi connectivity index (χ2n) is 5.58. The Hall–Kier alpha value is -0.943. The Balaban J connectivity index is 2.92. The molecule has 0 fully saturated rings. The molecule has 0 unspecified atom stereocenters. The maximum Gasteiger partial charge on any atom is 0.372 e. The molecule has 1 rings (SSSR count). The Morgan fingerprint density at radius 3 is 2.00 bits per heavy atom. The lowest BCUT2D eigenvalue weighted by Gasteiger charge is -2.31. The fourth-order valence-electron chi connectivity index (χ4n) is 2.91. The Kier molecular flexibility index (Phi) is 9.40. The lowest BCUT2D eigenvalue weighted by molar-refractivity contribution is 0.192. The molecular formula is C19H33NO2Si. The lowest BCUT2D eigenvalue weighted by atomic mass is 10.2. The van der Waals surface area contributed by atoms with Crippen molar-refractivity contribution in [2.45, 2.75) is 40.2 Å². The Labute approximate surface area is 143 Å². The molecule has 0 heterocycles. The number of hydrogen-bond acceptors (Lipinski definition) is 3. The standard InChI is InChI=1S/C19H33NO2Si/c1-6-18-12-14-19(15-13-18)23(21-9-4,22-10-5)17-11-16-20(7-2)8-3/h6,12-15H,1,7-11,16-17H2,2-5H3. The van der Waals surface area contributed by atoms with Gasteiger partial charge in [-0.1, -0.05) is 50.8 Å². The van der Waals surface area contributed by atoms with E-state index < -0.39 is 8.56 Å². The van der Waals surface area contributed by atoms with Gasteiger partial charge in [0.2, 0.25) is 0 Å². The first-order valence-corrected chi connectivity index (χ1v) is 10.9. The van der Waals surface area contributed by atoms with Crippen molar-refractivity contribution in [3.05, 3.63) is 36.4 Å². The third-order valence-corrected chi connectivity index (χ3v) is 7.95. The molecule has 0 atom stereocenters. The van der Waals surface area contributed by atoms with Crippen LogP contribution >= 0.6 is 0 Å². The molecule has 23 heavy (non-hydrogen) atoms. The van der Waals surface area contributed by atoms with Crippen molar-refractivity contribution in [2.24, 2.45) is 0 Å². The Bertz CT molecular complexity index is 437. The average molecular weight is 336 g/mol. The highest BCUT2D eigenvalue weighted by atomic mass is 28.4. The molecule has 0 spiro atoms. The summed E-state index contributed by atoms with van der Waals surface area (Å²) >= 11 is 0. The fourth-order valence-corrected chi connectivity index (χ4v) is 6.14. The van der Waals surface area contributed by atoms with Gasteiger partial charge in [-0.05, 0) is 56.7 Å². The summed E-state index contributed by atoms with van der Waals surface area (Å²) in [7, 11) is -2.36. The summed E-state index contributed by atoms with van der Waals surface area (Å²) in [5, 5.41) is 1.23. The predicted molar refractivity (Wildman–Crippen MR) is 102 cm³/mol. The van der Waals surface area contributed by atoms with Crippen LogP contribution in [0.15, 0.2) is 30.8 Å².